The minimum Gasteiger partial charge on any atom is -0.327 e. The van der Waals surface area contributed by atoms with E-state index in [1.54, 1.807) is 0 Å². The maximum atomic E-state index is 10.3. The number of amides is 2. The summed E-state index contributed by atoms with van der Waals surface area (Å²) in [4.78, 5) is 19.8. The number of nitro groups is 1. The molecule has 6 nitrogen and oxygen atoms in total. The van der Waals surface area contributed by atoms with E-state index in [4.69, 9.17) is 0 Å². The van der Waals surface area contributed by atoms with E-state index >= 15 is 0 Å². The zero-order valence-electron chi connectivity index (χ0n) is 4.96. The quantitative estimate of drug-likeness (QED) is 0.380. The van der Waals surface area contributed by atoms with Crippen molar-refractivity contribution in [2.75, 3.05) is 6.54 Å². The fraction of sp³-hybridized carbons (Fsp3) is 0.250. The van der Waals surface area contributed by atoms with E-state index in [2.05, 4.69) is 10.6 Å². The fourth-order valence-electron chi connectivity index (χ4n) is 0.539. The molecule has 0 aliphatic carbocycles. The Kier molecular flexibility index (Phi) is 1.53. The number of hydrogen-bond donors (Lipinski definition) is 2. The van der Waals surface area contributed by atoms with Gasteiger partial charge in [-0.1, -0.05) is 0 Å². The molecule has 1 rings (SSSR count). The summed E-state index contributed by atoms with van der Waals surface area (Å²) in [5.41, 5.74) is -0.0420. The highest BCUT2D eigenvalue weighted by molar-refractivity contribution is 5.76. The molecule has 2 amide bonds. The van der Waals surface area contributed by atoms with Gasteiger partial charge in [-0.3, -0.25) is 10.1 Å². The Labute approximate surface area is 56.1 Å². The van der Waals surface area contributed by atoms with Crippen molar-refractivity contribution in [3.8, 4) is 0 Å². The number of rotatable bonds is 1. The predicted molar refractivity (Wildman–Crippen MR) is 31.6 cm³/mol. The minimum absolute atomic E-state index is 0.0150. The highest BCUT2D eigenvalue weighted by atomic mass is 16.6. The van der Waals surface area contributed by atoms with E-state index in [0.29, 0.717) is 0 Å². The van der Waals surface area contributed by atoms with E-state index in [0.717, 1.165) is 6.20 Å². The Morgan fingerprint density at radius 3 is 2.80 bits per heavy atom. The Balaban J connectivity index is 2.65. The molecule has 0 aromatic heterocycles. The second kappa shape index (κ2) is 2.34. The second-order valence-electron chi connectivity index (χ2n) is 1.72. The molecule has 0 bridgehead atoms. The van der Waals surface area contributed by atoms with Crippen molar-refractivity contribution in [2.45, 2.75) is 0 Å². The molecule has 6 heteroatoms. The first-order valence-corrected chi connectivity index (χ1v) is 2.58. The predicted octanol–water partition coefficient (Wildman–Crippen LogP) is -0.583. The molecule has 0 aromatic carbocycles. The molecule has 0 unspecified atom stereocenters. The Bertz CT molecular complexity index is 210. The van der Waals surface area contributed by atoms with Crippen molar-refractivity contribution < 1.29 is 9.72 Å². The molecule has 0 saturated heterocycles. The molecular weight excluding hydrogens is 138 g/mol. The summed E-state index contributed by atoms with van der Waals surface area (Å²) in [7, 11) is 0. The number of urea groups is 1. The van der Waals surface area contributed by atoms with Crippen LogP contribution >= 0.6 is 0 Å². The van der Waals surface area contributed by atoms with Gasteiger partial charge in [0.2, 0.25) is 0 Å². The summed E-state index contributed by atoms with van der Waals surface area (Å²) in [6.07, 6.45) is 1.08. The molecule has 54 valence electrons. The van der Waals surface area contributed by atoms with Gasteiger partial charge < -0.3 is 10.6 Å². The molecule has 10 heavy (non-hydrogen) atoms. The van der Waals surface area contributed by atoms with Crippen LogP contribution in [0, 0.1) is 10.1 Å². The second-order valence-corrected chi connectivity index (χ2v) is 1.72. The molecule has 2 N–H and O–H groups in total. The zero-order valence-corrected chi connectivity index (χ0v) is 4.96. The largest absolute Gasteiger partial charge is 0.327 e. The lowest BCUT2D eigenvalue weighted by atomic mass is 10.4. The summed E-state index contributed by atoms with van der Waals surface area (Å²) in [5, 5.41) is 14.4. The monoisotopic (exact) mass is 143 g/mol. The van der Waals surface area contributed by atoms with Gasteiger partial charge in [-0.05, 0) is 0 Å². The smallest absolute Gasteiger partial charge is 0.319 e. The topological polar surface area (TPSA) is 84.3 Å². The third kappa shape index (κ3) is 1.22. The number of carbonyl (C=O) groups excluding carboxylic acids is 1. The fourth-order valence-corrected chi connectivity index (χ4v) is 0.539. The Hall–Kier alpha value is -1.59. The average molecular weight is 143 g/mol. The maximum Gasteiger partial charge on any atom is 0.319 e. The molecule has 1 heterocycles. The molecule has 1 aliphatic heterocycles. The van der Waals surface area contributed by atoms with Gasteiger partial charge in [0.15, 0.2) is 0 Å². The highest BCUT2D eigenvalue weighted by Crippen LogP contribution is 1.94. The van der Waals surface area contributed by atoms with Gasteiger partial charge in [0, 0.05) is 0 Å². The first-order chi connectivity index (χ1) is 4.70. The van der Waals surface area contributed by atoms with E-state index in [-0.39, 0.29) is 12.2 Å². The summed E-state index contributed by atoms with van der Waals surface area (Å²) in [6, 6.07) is -0.411. The molecule has 1 aliphatic rings. The number of nitrogens with one attached hydrogen (secondary N) is 2. The molecule has 0 atom stereocenters. The van der Waals surface area contributed by atoms with Gasteiger partial charge in [0.25, 0.3) is 5.70 Å². The Morgan fingerprint density at radius 2 is 2.40 bits per heavy atom. The van der Waals surface area contributed by atoms with Gasteiger partial charge in [-0.25, -0.2) is 4.79 Å². The first-order valence-electron chi connectivity index (χ1n) is 2.58. The van der Waals surface area contributed by atoms with Crippen LogP contribution in [-0.2, 0) is 0 Å². The van der Waals surface area contributed by atoms with Crippen LogP contribution in [0.4, 0.5) is 4.79 Å². The van der Waals surface area contributed by atoms with Crippen LogP contribution in [0.2, 0.25) is 0 Å². The maximum absolute atomic E-state index is 10.3. The van der Waals surface area contributed by atoms with Crippen molar-refractivity contribution >= 4 is 6.03 Å². The minimum atomic E-state index is -0.549. The molecular formula is C4H5N3O3. The van der Waals surface area contributed by atoms with Crippen LogP contribution in [0.25, 0.3) is 0 Å². The number of carbonyl (C=O) groups is 1. The van der Waals surface area contributed by atoms with Crippen molar-refractivity contribution in [1.82, 2.24) is 10.6 Å². The standard InChI is InChI=1S/C4H5N3O3/c8-4-5-1-3(2-6-4)7(9)10/h1H,2H2,(H2,5,6,8). The SMILES string of the molecule is O=C1NC=C([N+](=O)[O-])CN1. The highest BCUT2D eigenvalue weighted by Gasteiger charge is 2.16. The van der Waals surface area contributed by atoms with E-state index in [9.17, 15) is 14.9 Å². The third-order valence-corrected chi connectivity index (χ3v) is 1.03. The third-order valence-electron chi connectivity index (χ3n) is 1.03. The normalized spacial score (nSPS) is 16.8. The molecule has 0 radical (unpaired) electrons. The van der Waals surface area contributed by atoms with E-state index in [1.807, 2.05) is 0 Å². The van der Waals surface area contributed by atoms with Gasteiger partial charge in [0.05, 0.1) is 11.1 Å². The number of nitrogens with zero attached hydrogens (tertiary/aromatic N) is 1. The van der Waals surface area contributed by atoms with E-state index < -0.39 is 11.0 Å². The van der Waals surface area contributed by atoms with Crippen LogP contribution in [0.1, 0.15) is 0 Å². The summed E-state index contributed by atoms with van der Waals surface area (Å²) in [6.45, 7) is -0.0150. The van der Waals surface area contributed by atoms with Gasteiger partial charge >= 0.3 is 6.03 Å². The van der Waals surface area contributed by atoms with Gasteiger partial charge in [-0.2, -0.15) is 0 Å². The molecule has 0 aromatic rings. The molecule has 0 fully saturated rings. The van der Waals surface area contributed by atoms with Crippen molar-refractivity contribution in [3.63, 3.8) is 0 Å². The van der Waals surface area contributed by atoms with E-state index in [1.165, 1.54) is 0 Å². The zero-order chi connectivity index (χ0) is 7.56. The Morgan fingerprint density at radius 1 is 1.70 bits per heavy atom. The number of hydrogen-bond acceptors (Lipinski definition) is 3. The van der Waals surface area contributed by atoms with Gasteiger partial charge in [0.1, 0.15) is 6.54 Å². The van der Waals surface area contributed by atoms with Crippen LogP contribution < -0.4 is 10.6 Å². The molecule has 0 spiro atoms. The lowest BCUT2D eigenvalue weighted by Gasteiger charge is -2.07. The average Bonchev–Trinajstić information content (AvgIpc) is 1.88. The lowest BCUT2D eigenvalue weighted by molar-refractivity contribution is -0.426. The van der Waals surface area contributed by atoms with Crippen LogP contribution in [0.15, 0.2) is 11.9 Å². The van der Waals surface area contributed by atoms with Crippen molar-refractivity contribution in [1.29, 1.82) is 0 Å². The first kappa shape index (κ1) is 6.53. The van der Waals surface area contributed by atoms with Crippen LogP contribution in [0.3, 0.4) is 0 Å². The van der Waals surface area contributed by atoms with Crippen molar-refractivity contribution in [2.24, 2.45) is 0 Å². The van der Waals surface area contributed by atoms with Crippen molar-refractivity contribution in [3.05, 3.63) is 22.0 Å². The summed E-state index contributed by atoms with van der Waals surface area (Å²) < 4.78 is 0. The van der Waals surface area contributed by atoms with Crippen LogP contribution in [-0.4, -0.2) is 17.5 Å². The molecule has 0 saturated carbocycles. The summed E-state index contributed by atoms with van der Waals surface area (Å²) >= 11 is 0. The van der Waals surface area contributed by atoms with Gasteiger partial charge in [-0.15, -0.1) is 0 Å². The lowest BCUT2D eigenvalue weighted by Crippen LogP contribution is -2.39. The van der Waals surface area contributed by atoms with Crippen LogP contribution in [0.5, 0.6) is 0 Å². The summed E-state index contributed by atoms with van der Waals surface area (Å²) in [5.74, 6) is 0.